The van der Waals surface area contributed by atoms with Gasteiger partial charge < -0.3 is 28.7 Å². The molecule has 3 saturated heterocycles. The number of hydrogen-bond donors (Lipinski definition) is 1. The number of fused-ring (bicyclic) bond motifs is 2. The lowest BCUT2D eigenvalue weighted by Gasteiger charge is -2.37. The maximum atomic E-state index is 6.54. The van der Waals surface area contributed by atoms with E-state index >= 15 is 0 Å². The van der Waals surface area contributed by atoms with Gasteiger partial charge in [0.15, 0.2) is 11.8 Å². The highest BCUT2D eigenvalue weighted by atomic mass is 35.5. The molecule has 168 valence electrons. The third kappa shape index (κ3) is 3.71. The van der Waals surface area contributed by atoms with Gasteiger partial charge in [-0.3, -0.25) is 0 Å². The summed E-state index contributed by atoms with van der Waals surface area (Å²) in [4.78, 5) is 12.3. The summed E-state index contributed by atoms with van der Waals surface area (Å²) in [7, 11) is 0. The van der Waals surface area contributed by atoms with Gasteiger partial charge in [0, 0.05) is 17.6 Å². The molecule has 6 rings (SSSR count). The van der Waals surface area contributed by atoms with Crippen LogP contribution >= 0.6 is 11.6 Å². The van der Waals surface area contributed by atoms with Crippen LogP contribution in [0.15, 0.2) is 30.3 Å². The van der Waals surface area contributed by atoms with Crippen molar-refractivity contribution in [2.75, 3.05) is 33.0 Å². The smallest absolute Gasteiger partial charge is 0.296 e. The summed E-state index contributed by atoms with van der Waals surface area (Å²) in [5, 5.41) is 0.531. The first kappa shape index (κ1) is 20.2. The number of pyridine rings is 1. The van der Waals surface area contributed by atoms with Crippen molar-refractivity contribution in [3.8, 4) is 23.0 Å². The first-order chi connectivity index (χ1) is 15.6. The fourth-order valence-electron chi connectivity index (χ4n) is 4.33. The molecule has 0 bridgehead atoms. The van der Waals surface area contributed by atoms with Crippen molar-refractivity contribution >= 4 is 22.8 Å². The molecule has 0 spiro atoms. The Balaban J connectivity index is 1.19. The van der Waals surface area contributed by atoms with Crippen LogP contribution in [0.5, 0.6) is 11.8 Å². The van der Waals surface area contributed by atoms with Crippen LogP contribution in [-0.4, -0.2) is 66.3 Å². The Morgan fingerprint density at radius 1 is 1.19 bits per heavy atom. The first-order valence-electron chi connectivity index (χ1n) is 10.8. The zero-order valence-corrected chi connectivity index (χ0v) is 18.4. The number of benzene rings is 1. The lowest BCUT2D eigenvalue weighted by atomic mass is 9.90. The fourth-order valence-corrected chi connectivity index (χ4v) is 4.59. The highest BCUT2D eigenvalue weighted by molar-refractivity contribution is 6.33. The van der Waals surface area contributed by atoms with Crippen molar-refractivity contribution in [2.45, 2.75) is 31.7 Å². The number of ether oxygens (including phenoxy) is 5. The molecule has 9 heteroatoms. The van der Waals surface area contributed by atoms with Crippen molar-refractivity contribution in [2.24, 2.45) is 5.41 Å². The molecule has 2 aromatic heterocycles. The predicted molar refractivity (Wildman–Crippen MR) is 117 cm³/mol. The van der Waals surface area contributed by atoms with Crippen LogP contribution in [0.3, 0.4) is 0 Å². The van der Waals surface area contributed by atoms with Crippen LogP contribution in [0.4, 0.5) is 0 Å². The van der Waals surface area contributed by atoms with Gasteiger partial charge in [0.2, 0.25) is 0 Å². The molecule has 1 aromatic carbocycles. The highest BCUT2D eigenvalue weighted by Crippen LogP contribution is 2.33. The van der Waals surface area contributed by atoms with E-state index in [0.29, 0.717) is 47.7 Å². The summed E-state index contributed by atoms with van der Waals surface area (Å²) in [5.74, 6) is 0.806. The maximum Gasteiger partial charge on any atom is 0.296 e. The SMILES string of the molecule is CC1(COc2ccc(-c3nc4nc(OC5CO[C@@H]6CCO[C@H]56)[nH]c4cc3Cl)cc2)COC1. The molecule has 1 N–H and O–H groups in total. The third-order valence-corrected chi connectivity index (χ3v) is 6.49. The van der Waals surface area contributed by atoms with Gasteiger partial charge in [-0.1, -0.05) is 18.5 Å². The molecule has 0 amide bonds. The minimum atomic E-state index is -0.181. The molecule has 0 saturated carbocycles. The van der Waals surface area contributed by atoms with Gasteiger partial charge >= 0.3 is 0 Å². The Hall–Kier alpha value is -2.39. The van der Waals surface area contributed by atoms with Crippen LogP contribution in [0.1, 0.15) is 13.3 Å². The zero-order chi connectivity index (χ0) is 21.7. The summed E-state index contributed by atoms with van der Waals surface area (Å²) < 4.78 is 28.7. The van der Waals surface area contributed by atoms with Crippen LogP contribution < -0.4 is 9.47 Å². The van der Waals surface area contributed by atoms with Gasteiger partial charge in [0.25, 0.3) is 6.01 Å². The van der Waals surface area contributed by atoms with Crippen molar-refractivity contribution in [1.82, 2.24) is 15.0 Å². The van der Waals surface area contributed by atoms with Crippen molar-refractivity contribution in [1.29, 1.82) is 0 Å². The van der Waals surface area contributed by atoms with E-state index in [9.17, 15) is 0 Å². The molecular weight excluding hydrogens is 434 g/mol. The quantitative estimate of drug-likeness (QED) is 0.604. The molecule has 3 aliphatic rings. The van der Waals surface area contributed by atoms with E-state index in [1.807, 2.05) is 30.3 Å². The normalized spacial score (nSPS) is 26.1. The second kappa shape index (κ2) is 7.88. The van der Waals surface area contributed by atoms with E-state index in [-0.39, 0.29) is 23.7 Å². The van der Waals surface area contributed by atoms with Gasteiger partial charge in [-0.25, -0.2) is 4.98 Å². The molecule has 5 heterocycles. The van der Waals surface area contributed by atoms with Gasteiger partial charge in [-0.05, 0) is 36.8 Å². The van der Waals surface area contributed by atoms with Gasteiger partial charge in [-0.2, -0.15) is 4.98 Å². The van der Waals surface area contributed by atoms with Gasteiger partial charge in [-0.15, -0.1) is 0 Å². The highest BCUT2D eigenvalue weighted by Gasteiger charge is 2.43. The molecule has 3 aromatic rings. The Bertz CT molecular complexity index is 1130. The van der Waals surface area contributed by atoms with E-state index in [2.05, 4.69) is 21.9 Å². The maximum absolute atomic E-state index is 6.54. The molecule has 0 aliphatic carbocycles. The number of imidazole rings is 1. The molecule has 32 heavy (non-hydrogen) atoms. The lowest BCUT2D eigenvalue weighted by Crippen LogP contribution is -2.44. The largest absolute Gasteiger partial charge is 0.493 e. The fraction of sp³-hybridized carbons (Fsp3) is 0.478. The molecular formula is C23H24ClN3O5. The lowest BCUT2D eigenvalue weighted by molar-refractivity contribution is -0.120. The number of H-pyrrole nitrogens is 1. The average molecular weight is 458 g/mol. The molecule has 0 radical (unpaired) electrons. The molecule has 3 fully saturated rings. The summed E-state index contributed by atoms with van der Waals surface area (Å²) in [6.45, 7) is 5.46. The first-order valence-corrected chi connectivity index (χ1v) is 11.2. The summed E-state index contributed by atoms with van der Waals surface area (Å²) >= 11 is 6.54. The Morgan fingerprint density at radius 2 is 2.03 bits per heavy atom. The number of aromatic amines is 1. The summed E-state index contributed by atoms with van der Waals surface area (Å²) in [6.07, 6.45) is 0.790. The minimum absolute atomic E-state index is 0.0459. The van der Waals surface area contributed by atoms with Crippen molar-refractivity contribution in [3.05, 3.63) is 35.4 Å². The number of nitrogens with zero attached hydrogens (tertiary/aromatic N) is 2. The summed E-state index contributed by atoms with van der Waals surface area (Å²) in [5.41, 5.74) is 2.91. The Morgan fingerprint density at radius 3 is 2.81 bits per heavy atom. The molecule has 3 atom stereocenters. The summed E-state index contributed by atoms with van der Waals surface area (Å²) in [6, 6.07) is 9.97. The Kier molecular flexibility index (Phi) is 4.98. The van der Waals surface area contributed by atoms with E-state index in [0.717, 1.165) is 30.9 Å². The standard InChI is InChI=1S/C23H24ClN3O5/c1-23(10-28-11-23)12-31-14-4-2-13(3-5-14)19-15(24)8-16-21(26-19)27-22(25-16)32-18-9-30-17-6-7-29-20(17)18/h2-5,8,17-18,20H,6-7,9-12H2,1H3,(H,25,26,27)/t17-,18?,20+/m1/s1. The van der Waals surface area contributed by atoms with Crippen molar-refractivity contribution in [3.63, 3.8) is 0 Å². The third-order valence-electron chi connectivity index (χ3n) is 6.20. The molecule has 8 nitrogen and oxygen atoms in total. The van der Waals surface area contributed by atoms with Gasteiger partial charge in [0.1, 0.15) is 11.9 Å². The zero-order valence-electron chi connectivity index (χ0n) is 17.7. The molecule has 1 unspecified atom stereocenters. The van der Waals surface area contributed by atoms with E-state index < -0.39 is 0 Å². The average Bonchev–Trinajstić information content (AvgIpc) is 3.48. The van der Waals surface area contributed by atoms with Gasteiger partial charge in [0.05, 0.1) is 48.8 Å². The monoisotopic (exact) mass is 457 g/mol. The number of hydrogen-bond acceptors (Lipinski definition) is 7. The number of halogens is 1. The number of nitrogens with one attached hydrogen (secondary N) is 1. The predicted octanol–water partition coefficient (Wildman–Crippen LogP) is 3.63. The minimum Gasteiger partial charge on any atom is -0.493 e. The second-order valence-electron chi connectivity index (χ2n) is 9.00. The van der Waals surface area contributed by atoms with Crippen LogP contribution in [-0.2, 0) is 14.2 Å². The van der Waals surface area contributed by atoms with E-state index in [4.69, 9.17) is 35.3 Å². The second-order valence-corrected chi connectivity index (χ2v) is 9.41. The Labute approximate surface area is 190 Å². The van der Waals surface area contributed by atoms with Crippen LogP contribution in [0, 0.1) is 5.41 Å². The number of rotatable bonds is 6. The van der Waals surface area contributed by atoms with Crippen molar-refractivity contribution < 1.29 is 23.7 Å². The van der Waals surface area contributed by atoms with E-state index in [1.54, 1.807) is 0 Å². The molecule has 3 aliphatic heterocycles. The topological polar surface area (TPSA) is 87.7 Å². The van der Waals surface area contributed by atoms with E-state index in [1.165, 1.54) is 0 Å². The van der Waals surface area contributed by atoms with Crippen LogP contribution in [0.2, 0.25) is 5.02 Å². The van der Waals surface area contributed by atoms with Crippen LogP contribution in [0.25, 0.3) is 22.4 Å². The number of aromatic nitrogens is 3.